The number of rotatable bonds is 6. The zero-order valence-corrected chi connectivity index (χ0v) is 14.4. The maximum atomic E-state index is 12.0. The van der Waals surface area contributed by atoms with Gasteiger partial charge in [-0.15, -0.1) is 0 Å². The molecule has 0 radical (unpaired) electrons. The van der Waals surface area contributed by atoms with Crippen LogP contribution in [0.1, 0.15) is 41.9 Å². The summed E-state index contributed by atoms with van der Waals surface area (Å²) in [6.45, 7) is 8.23. The maximum Gasteiger partial charge on any atom is 0.290 e. The number of nitrogens with zero attached hydrogens (tertiary/aromatic N) is 1. The van der Waals surface area contributed by atoms with Crippen LogP contribution in [0, 0.1) is 13.8 Å². The highest BCUT2D eigenvalue weighted by Crippen LogP contribution is 2.22. The van der Waals surface area contributed by atoms with Crippen molar-refractivity contribution in [2.45, 2.75) is 47.1 Å². The summed E-state index contributed by atoms with van der Waals surface area (Å²) in [6, 6.07) is 3.84. The fraction of sp³-hybridized carbons (Fsp3) is 0.444. The zero-order chi connectivity index (χ0) is 17.0. The molecule has 0 aliphatic carbocycles. The van der Waals surface area contributed by atoms with E-state index in [1.54, 1.807) is 7.11 Å². The Morgan fingerprint density at radius 2 is 1.78 bits per heavy atom. The van der Waals surface area contributed by atoms with Crippen LogP contribution in [0.4, 0.5) is 0 Å². The standard InChI is InChI=1S/C18H24N2O3/c1-6-13-8-15(18(22-5)20-12(13)4)10-23-16-9-14(7-2)11(3)19-17(16)21/h8-9H,6-7,10H2,1-5H3,(H,19,21). The van der Waals surface area contributed by atoms with Crippen molar-refractivity contribution in [3.05, 3.63) is 50.6 Å². The molecule has 2 aromatic heterocycles. The molecule has 1 N–H and O–H groups in total. The van der Waals surface area contributed by atoms with Gasteiger partial charge in [0.25, 0.3) is 5.56 Å². The molecule has 2 aromatic rings. The monoisotopic (exact) mass is 316 g/mol. The van der Waals surface area contributed by atoms with Crippen molar-refractivity contribution in [3.63, 3.8) is 0 Å². The Morgan fingerprint density at radius 1 is 1.09 bits per heavy atom. The molecule has 0 saturated heterocycles. The van der Waals surface area contributed by atoms with Gasteiger partial charge in [0.1, 0.15) is 6.61 Å². The van der Waals surface area contributed by atoms with E-state index < -0.39 is 0 Å². The molecular weight excluding hydrogens is 292 g/mol. The Morgan fingerprint density at radius 3 is 2.39 bits per heavy atom. The summed E-state index contributed by atoms with van der Waals surface area (Å²) >= 11 is 0. The lowest BCUT2D eigenvalue weighted by atomic mass is 10.1. The highest BCUT2D eigenvalue weighted by Gasteiger charge is 2.12. The number of hydrogen-bond donors (Lipinski definition) is 1. The van der Waals surface area contributed by atoms with Crippen LogP contribution in [0.3, 0.4) is 0 Å². The lowest BCUT2D eigenvalue weighted by Crippen LogP contribution is -2.14. The first kappa shape index (κ1) is 17.1. The predicted octanol–water partition coefficient (Wildman–Crippen LogP) is 3.10. The van der Waals surface area contributed by atoms with Crippen molar-refractivity contribution in [2.75, 3.05) is 7.11 Å². The fourth-order valence-corrected chi connectivity index (χ4v) is 2.58. The lowest BCUT2D eigenvalue weighted by molar-refractivity contribution is 0.289. The van der Waals surface area contributed by atoms with E-state index >= 15 is 0 Å². The number of aromatic nitrogens is 2. The third-order valence-electron chi connectivity index (χ3n) is 4.01. The summed E-state index contributed by atoms with van der Waals surface area (Å²) in [5.74, 6) is 0.868. The molecule has 0 aliphatic rings. The minimum absolute atomic E-state index is 0.213. The summed E-state index contributed by atoms with van der Waals surface area (Å²) in [4.78, 5) is 19.3. The van der Waals surface area contributed by atoms with Crippen LogP contribution < -0.4 is 15.0 Å². The van der Waals surface area contributed by atoms with Crippen LogP contribution in [0.5, 0.6) is 11.6 Å². The van der Waals surface area contributed by atoms with Crippen molar-refractivity contribution >= 4 is 0 Å². The van der Waals surface area contributed by atoms with E-state index in [1.165, 1.54) is 0 Å². The Labute approximate surface area is 136 Å². The van der Waals surface area contributed by atoms with Crippen molar-refractivity contribution in [1.82, 2.24) is 9.97 Å². The zero-order valence-electron chi connectivity index (χ0n) is 14.4. The molecule has 2 rings (SSSR count). The largest absolute Gasteiger partial charge is 0.483 e. The van der Waals surface area contributed by atoms with E-state index in [9.17, 15) is 4.79 Å². The molecule has 0 aliphatic heterocycles. The second kappa shape index (κ2) is 7.31. The van der Waals surface area contributed by atoms with Gasteiger partial charge in [0.15, 0.2) is 5.75 Å². The van der Waals surface area contributed by atoms with E-state index in [0.29, 0.717) is 11.6 Å². The normalized spacial score (nSPS) is 10.7. The first-order chi connectivity index (χ1) is 11.0. The third-order valence-corrected chi connectivity index (χ3v) is 4.01. The Balaban J connectivity index is 2.29. The molecule has 0 fully saturated rings. The average molecular weight is 316 g/mol. The summed E-state index contributed by atoms with van der Waals surface area (Å²) in [6.07, 6.45) is 1.73. The first-order valence-corrected chi connectivity index (χ1v) is 7.89. The smallest absolute Gasteiger partial charge is 0.290 e. The average Bonchev–Trinajstić information content (AvgIpc) is 2.54. The van der Waals surface area contributed by atoms with Crippen LogP contribution in [0.25, 0.3) is 0 Å². The number of H-pyrrole nitrogens is 1. The molecule has 2 heterocycles. The van der Waals surface area contributed by atoms with Crippen LogP contribution >= 0.6 is 0 Å². The molecule has 0 spiro atoms. The van der Waals surface area contributed by atoms with E-state index in [2.05, 4.69) is 16.9 Å². The van der Waals surface area contributed by atoms with Gasteiger partial charge in [-0.3, -0.25) is 4.79 Å². The quantitative estimate of drug-likeness (QED) is 0.889. The van der Waals surface area contributed by atoms with Gasteiger partial charge in [-0.25, -0.2) is 4.98 Å². The minimum atomic E-state index is -0.213. The van der Waals surface area contributed by atoms with Crippen LogP contribution in [-0.2, 0) is 19.4 Å². The number of ether oxygens (including phenoxy) is 2. The van der Waals surface area contributed by atoms with E-state index in [1.807, 2.05) is 32.9 Å². The summed E-state index contributed by atoms with van der Waals surface area (Å²) in [5.41, 5.74) is 4.68. The molecule has 5 nitrogen and oxygen atoms in total. The Hall–Kier alpha value is -2.30. The number of pyridine rings is 2. The summed E-state index contributed by atoms with van der Waals surface area (Å²) < 4.78 is 11.1. The number of aryl methyl sites for hydroxylation is 4. The van der Waals surface area contributed by atoms with Gasteiger partial charge in [-0.2, -0.15) is 0 Å². The van der Waals surface area contributed by atoms with E-state index in [0.717, 1.165) is 40.9 Å². The molecule has 0 saturated carbocycles. The van der Waals surface area contributed by atoms with Crippen molar-refractivity contribution in [3.8, 4) is 11.6 Å². The van der Waals surface area contributed by atoms with Crippen LogP contribution in [0.15, 0.2) is 16.9 Å². The number of aromatic amines is 1. The SMILES string of the molecule is CCc1cc(COc2cc(CC)c(C)[nH]c2=O)c(OC)nc1C. The van der Waals surface area contributed by atoms with Gasteiger partial charge in [0.05, 0.1) is 12.7 Å². The van der Waals surface area contributed by atoms with Crippen LogP contribution in [-0.4, -0.2) is 17.1 Å². The molecule has 0 amide bonds. The predicted molar refractivity (Wildman–Crippen MR) is 90.4 cm³/mol. The van der Waals surface area contributed by atoms with E-state index in [4.69, 9.17) is 9.47 Å². The van der Waals surface area contributed by atoms with Crippen LogP contribution in [0.2, 0.25) is 0 Å². The first-order valence-electron chi connectivity index (χ1n) is 7.89. The van der Waals surface area contributed by atoms with Crippen molar-refractivity contribution < 1.29 is 9.47 Å². The number of methoxy groups -OCH3 is 1. The lowest BCUT2D eigenvalue weighted by Gasteiger charge is -2.13. The van der Waals surface area contributed by atoms with Gasteiger partial charge in [0, 0.05) is 11.4 Å². The molecule has 0 bridgehead atoms. The highest BCUT2D eigenvalue weighted by atomic mass is 16.5. The van der Waals surface area contributed by atoms with Gasteiger partial charge >= 0.3 is 0 Å². The van der Waals surface area contributed by atoms with Gasteiger partial charge < -0.3 is 14.5 Å². The van der Waals surface area contributed by atoms with Crippen molar-refractivity contribution in [2.24, 2.45) is 0 Å². The maximum absolute atomic E-state index is 12.0. The molecular formula is C18H24N2O3. The highest BCUT2D eigenvalue weighted by molar-refractivity contribution is 5.35. The number of nitrogens with one attached hydrogen (secondary N) is 1. The Kier molecular flexibility index (Phi) is 5.42. The minimum Gasteiger partial charge on any atom is -0.483 e. The fourth-order valence-electron chi connectivity index (χ4n) is 2.58. The molecule has 124 valence electrons. The van der Waals surface area contributed by atoms with Gasteiger partial charge in [-0.1, -0.05) is 13.8 Å². The molecule has 23 heavy (non-hydrogen) atoms. The third kappa shape index (κ3) is 3.73. The van der Waals surface area contributed by atoms with E-state index in [-0.39, 0.29) is 12.2 Å². The van der Waals surface area contributed by atoms with Crippen molar-refractivity contribution in [1.29, 1.82) is 0 Å². The Bertz CT molecular complexity index is 751. The topological polar surface area (TPSA) is 64.2 Å². The second-order valence-corrected chi connectivity index (χ2v) is 5.51. The summed E-state index contributed by atoms with van der Waals surface area (Å²) in [5, 5.41) is 0. The molecule has 5 heteroatoms. The summed E-state index contributed by atoms with van der Waals surface area (Å²) in [7, 11) is 1.59. The van der Waals surface area contributed by atoms with Gasteiger partial charge in [0.2, 0.25) is 5.88 Å². The molecule has 0 aromatic carbocycles. The molecule has 0 atom stereocenters. The van der Waals surface area contributed by atoms with Gasteiger partial charge in [-0.05, 0) is 49.9 Å². The molecule has 0 unspecified atom stereocenters. The number of hydrogen-bond acceptors (Lipinski definition) is 4. The second-order valence-electron chi connectivity index (χ2n) is 5.51.